The van der Waals surface area contributed by atoms with Crippen molar-refractivity contribution in [3.05, 3.63) is 29.8 Å². The average molecular weight is 344 g/mol. The molecule has 2 atom stereocenters. The van der Waals surface area contributed by atoms with E-state index < -0.39 is 17.8 Å². The largest absolute Gasteiger partial charge is 0.416 e. The van der Waals surface area contributed by atoms with Gasteiger partial charge in [0, 0.05) is 24.3 Å². The van der Waals surface area contributed by atoms with Gasteiger partial charge in [-0.2, -0.15) is 13.2 Å². The van der Waals surface area contributed by atoms with E-state index in [1.54, 1.807) is 6.92 Å². The van der Waals surface area contributed by atoms with Crippen molar-refractivity contribution in [3.63, 3.8) is 0 Å². The smallest absolute Gasteiger partial charge is 0.396 e. The number of carbonyl (C=O) groups excluding carboxylic acids is 1. The maximum Gasteiger partial charge on any atom is 0.416 e. The van der Waals surface area contributed by atoms with E-state index in [0.717, 1.165) is 31.5 Å². The van der Waals surface area contributed by atoms with E-state index in [1.165, 1.54) is 12.1 Å². The van der Waals surface area contributed by atoms with Gasteiger partial charge in [-0.3, -0.25) is 9.69 Å². The normalized spacial score (nSPS) is 23.8. The third kappa shape index (κ3) is 4.48. The quantitative estimate of drug-likeness (QED) is 0.882. The molecule has 0 spiro atoms. The summed E-state index contributed by atoms with van der Waals surface area (Å²) in [6.45, 7) is 5.20. The monoisotopic (exact) mass is 344 g/mol. The van der Waals surface area contributed by atoms with Gasteiger partial charge in [0.2, 0.25) is 5.91 Å². The lowest BCUT2D eigenvalue weighted by Gasteiger charge is -2.41. The van der Waals surface area contributed by atoms with Crippen molar-refractivity contribution in [1.29, 1.82) is 0 Å². The highest BCUT2D eigenvalue weighted by atomic mass is 19.4. The molecule has 7 heteroatoms. The number of benzene rings is 1. The molecule has 0 aromatic heterocycles. The fraction of sp³-hybridized carbons (Fsp3) is 0.588. The Bertz CT molecular complexity index is 574. The molecule has 1 aliphatic heterocycles. The van der Waals surface area contributed by atoms with Gasteiger partial charge in [-0.15, -0.1) is 0 Å². The zero-order chi connectivity index (χ0) is 18.0. The predicted molar refractivity (Wildman–Crippen MR) is 85.5 cm³/mol. The van der Waals surface area contributed by atoms with E-state index in [2.05, 4.69) is 5.32 Å². The van der Waals surface area contributed by atoms with Crippen LogP contribution in [0.1, 0.15) is 32.3 Å². The van der Waals surface area contributed by atoms with Crippen LogP contribution in [0.15, 0.2) is 24.3 Å². The Morgan fingerprint density at radius 2 is 2.00 bits per heavy atom. The van der Waals surface area contributed by atoms with Crippen LogP contribution in [-0.4, -0.2) is 41.7 Å². The summed E-state index contributed by atoms with van der Waals surface area (Å²) in [5.41, 5.74) is -0.633. The van der Waals surface area contributed by atoms with Crippen molar-refractivity contribution in [2.45, 2.75) is 38.9 Å². The Morgan fingerprint density at radius 3 is 2.54 bits per heavy atom. The predicted octanol–water partition coefficient (Wildman–Crippen LogP) is 3.13. The summed E-state index contributed by atoms with van der Waals surface area (Å²) in [7, 11) is 0. The highest BCUT2D eigenvalue weighted by Crippen LogP contribution is 2.31. The molecule has 2 unspecified atom stereocenters. The summed E-state index contributed by atoms with van der Waals surface area (Å²) >= 11 is 0. The first-order valence-electron chi connectivity index (χ1n) is 7.98. The Morgan fingerprint density at radius 1 is 1.38 bits per heavy atom. The van der Waals surface area contributed by atoms with Gasteiger partial charge in [0.05, 0.1) is 11.6 Å². The van der Waals surface area contributed by atoms with Gasteiger partial charge in [0.25, 0.3) is 0 Å². The Hall–Kier alpha value is -1.60. The molecule has 0 saturated carbocycles. The lowest BCUT2D eigenvalue weighted by Crippen LogP contribution is -2.51. The molecule has 24 heavy (non-hydrogen) atoms. The Labute approximate surface area is 139 Å². The number of hydrogen-bond donors (Lipinski definition) is 2. The lowest BCUT2D eigenvalue weighted by atomic mass is 9.82. The van der Waals surface area contributed by atoms with Gasteiger partial charge >= 0.3 is 6.18 Å². The molecule has 4 nitrogen and oxygen atoms in total. The van der Waals surface area contributed by atoms with Gasteiger partial charge in [0.15, 0.2) is 0 Å². The number of nitrogens with one attached hydrogen (secondary N) is 1. The number of amides is 1. The first-order valence-corrected chi connectivity index (χ1v) is 7.98. The molecular formula is C17H23F3N2O2. The van der Waals surface area contributed by atoms with Gasteiger partial charge in [-0.25, -0.2) is 0 Å². The minimum atomic E-state index is -4.39. The fourth-order valence-corrected chi connectivity index (χ4v) is 2.97. The molecular weight excluding hydrogens is 321 g/mol. The third-order valence-corrected chi connectivity index (χ3v) is 4.60. The molecule has 1 aromatic carbocycles. The molecule has 1 saturated heterocycles. The minimum Gasteiger partial charge on any atom is -0.396 e. The summed E-state index contributed by atoms with van der Waals surface area (Å²) in [4.78, 5) is 14.4. The summed E-state index contributed by atoms with van der Waals surface area (Å²) < 4.78 is 37.6. The first-order chi connectivity index (χ1) is 11.1. The van der Waals surface area contributed by atoms with Crippen LogP contribution in [0.3, 0.4) is 0 Å². The van der Waals surface area contributed by atoms with Crippen molar-refractivity contribution in [2.75, 3.05) is 25.0 Å². The number of hydrogen-bond acceptors (Lipinski definition) is 3. The summed E-state index contributed by atoms with van der Waals surface area (Å²) in [5.74, 6) is -0.267. The van der Waals surface area contributed by atoms with Crippen LogP contribution >= 0.6 is 0 Å². The number of aliphatic hydroxyl groups is 1. The van der Waals surface area contributed by atoms with E-state index in [1.807, 2.05) is 11.8 Å². The van der Waals surface area contributed by atoms with Crippen molar-refractivity contribution in [2.24, 2.45) is 5.41 Å². The molecule has 134 valence electrons. The number of halogens is 3. The van der Waals surface area contributed by atoms with E-state index in [-0.39, 0.29) is 17.9 Å². The lowest BCUT2D eigenvalue weighted by molar-refractivity contribution is -0.137. The number of rotatable bonds is 4. The second-order valence-corrected chi connectivity index (χ2v) is 6.78. The molecule has 1 fully saturated rings. The zero-order valence-electron chi connectivity index (χ0n) is 13.9. The van der Waals surface area contributed by atoms with Crippen LogP contribution in [0.2, 0.25) is 0 Å². The van der Waals surface area contributed by atoms with Crippen molar-refractivity contribution in [3.8, 4) is 0 Å². The van der Waals surface area contributed by atoms with Crippen LogP contribution in [0.4, 0.5) is 18.9 Å². The van der Waals surface area contributed by atoms with Gasteiger partial charge in [-0.1, -0.05) is 6.92 Å². The Kier molecular flexibility index (Phi) is 5.55. The second kappa shape index (κ2) is 7.11. The summed E-state index contributed by atoms with van der Waals surface area (Å²) in [6, 6.07) is 3.98. The number of piperidine rings is 1. The molecule has 1 amide bonds. The maximum atomic E-state index is 12.5. The van der Waals surface area contributed by atoms with Crippen LogP contribution in [0.5, 0.6) is 0 Å². The highest BCUT2D eigenvalue weighted by molar-refractivity contribution is 5.94. The molecule has 0 aliphatic carbocycles. The van der Waals surface area contributed by atoms with Gasteiger partial charge in [0.1, 0.15) is 0 Å². The molecule has 1 heterocycles. The molecule has 0 radical (unpaired) electrons. The van der Waals surface area contributed by atoms with Crippen LogP contribution in [0.25, 0.3) is 0 Å². The zero-order valence-corrected chi connectivity index (χ0v) is 13.9. The third-order valence-electron chi connectivity index (χ3n) is 4.60. The molecule has 1 aromatic rings. The van der Waals surface area contributed by atoms with Crippen molar-refractivity contribution in [1.82, 2.24) is 4.90 Å². The fourth-order valence-electron chi connectivity index (χ4n) is 2.97. The number of carbonyl (C=O) groups is 1. The van der Waals surface area contributed by atoms with Crippen molar-refractivity contribution >= 4 is 11.6 Å². The van der Waals surface area contributed by atoms with Crippen molar-refractivity contribution < 1.29 is 23.1 Å². The molecule has 0 bridgehead atoms. The Balaban J connectivity index is 1.99. The van der Waals surface area contributed by atoms with E-state index in [4.69, 9.17) is 0 Å². The number of alkyl halides is 3. The molecule has 2 N–H and O–H groups in total. The van der Waals surface area contributed by atoms with Gasteiger partial charge in [-0.05, 0) is 50.6 Å². The number of anilines is 1. The average Bonchev–Trinajstić information content (AvgIpc) is 2.54. The summed E-state index contributed by atoms with van der Waals surface area (Å²) in [5, 5.41) is 12.1. The standard InChI is InChI=1S/C17H23F3N2O2/c1-12(22-9-3-8-16(2,10-22)11-23)15(24)21-14-6-4-13(5-7-14)17(18,19)20/h4-7,12,23H,3,8-11H2,1-2H3,(H,21,24). The van der Waals surface area contributed by atoms with Crippen LogP contribution in [-0.2, 0) is 11.0 Å². The summed E-state index contributed by atoms with van der Waals surface area (Å²) in [6.07, 6.45) is -2.58. The van der Waals surface area contributed by atoms with E-state index in [9.17, 15) is 23.1 Å². The minimum absolute atomic E-state index is 0.0662. The highest BCUT2D eigenvalue weighted by Gasteiger charge is 2.34. The number of nitrogens with zero attached hydrogens (tertiary/aromatic N) is 1. The SMILES string of the molecule is CC(C(=O)Nc1ccc(C(F)(F)F)cc1)N1CCCC(C)(CO)C1. The number of likely N-dealkylation sites (tertiary alicyclic amines) is 1. The van der Waals surface area contributed by atoms with E-state index >= 15 is 0 Å². The van der Waals surface area contributed by atoms with Gasteiger partial charge < -0.3 is 10.4 Å². The van der Waals surface area contributed by atoms with Crippen LogP contribution in [0, 0.1) is 5.41 Å². The second-order valence-electron chi connectivity index (χ2n) is 6.78. The first kappa shape index (κ1) is 18.7. The van der Waals surface area contributed by atoms with Crippen LogP contribution < -0.4 is 5.32 Å². The molecule has 1 aliphatic rings. The maximum absolute atomic E-state index is 12.5. The topological polar surface area (TPSA) is 52.6 Å². The van der Waals surface area contributed by atoms with E-state index in [0.29, 0.717) is 12.2 Å². The number of aliphatic hydroxyl groups excluding tert-OH is 1. The molecule has 2 rings (SSSR count).